The van der Waals surface area contributed by atoms with Gasteiger partial charge in [-0.15, -0.1) is 0 Å². The van der Waals surface area contributed by atoms with Gasteiger partial charge in [0.15, 0.2) is 0 Å². The van der Waals surface area contributed by atoms with Gasteiger partial charge in [0.05, 0.1) is 11.6 Å². The zero-order chi connectivity index (χ0) is 13.8. The molecule has 0 aliphatic rings. The maximum absolute atomic E-state index is 10.5. The molecular formula is C15H19ClN2O. The molecule has 0 saturated heterocycles. The maximum atomic E-state index is 10.5. The summed E-state index contributed by atoms with van der Waals surface area (Å²) in [5, 5.41) is 12.1. The minimum absolute atomic E-state index is 0.0522. The molecule has 0 aliphatic heterocycles. The second-order valence-electron chi connectivity index (χ2n) is 4.77. The SMILES string of the molecule is CCCC(CN)C(O)c1ccc(Cl)c2cccnc12. The number of halogens is 1. The standard InChI is InChI=1S/C15H19ClN2O/c1-2-4-10(9-17)15(19)12-6-7-13(16)11-5-3-8-18-14(11)12/h3,5-8,10,15,19H,2,4,9,17H2,1H3. The smallest absolute Gasteiger partial charge is 0.0851 e. The molecule has 102 valence electrons. The molecule has 3 N–H and O–H groups in total. The molecule has 1 aromatic carbocycles. The van der Waals surface area contributed by atoms with E-state index >= 15 is 0 Å². The molecule has 0 fully saturated rings. The number of aromatic nitrogens is 1. The lowest BCUT2D eigenvalue weighted by atomic mass is 9.90. The molecule has 2 unspecified atom stereocenters. The summed E-state index contributed by atoms with van der Waals surface area (Å²) in [6.07, 6.45) is 3.01. The van der Waals surface area contributed by atoms with Gasteiger partial charge in [-0.2, -0.15) is 0 Å². The zero-order valence-electron chi connectivity index (χ0n) is 11.0. The fourth-order valence-electron chi connectivity index (χ4n) is 2.43. The number of pyridine rings is 1. The lowest BCUT2D eigenvalue weighted by Gasteiger charge is -2.22. The third kappa shape index (κ3) is 2.89. The van der Waals surface area contributed by atoms with Crippen LogP contribution in [0.4, 0.5) is 0 Å². The van der Waals surface area contributed by atoms with E-state index in [2.05, 4.69) is 11.9 Å². The van der Waals surface area contributed by atoms with Crippen molar-refractivity contribution in [1.29, 1.82) is 0 Å². The summed E-state index contributed by atoms with van der Waals surface area (Å²) in [6, 6.07) is 7.42. The number of hydrogen-bond acceptors (Lipinski definition) is 3. The van der Waals surface area contributed by atoms with Crippen LogP contribution in [-0.4, -0.2) is 16.6 Å². The first kappa shape index (κ1) is 14.3. The van der Waals surface area contributed by atoms with Crippen molar-refractivity contribution in [3.63, 3.8) is 0 Å². The van der Waals surface area contributed by atoms with Crippen molar-refractivity contribution in [3.05, 3.63) is 41.0 Å². The van der Waals surface area contributed by atoms with Crippen molar-refractivity contribution in [3.8, 4) is 0 Å². The lowest BCUT2D eigenvalue weighted by Crippen LogP contribution is -2.22. The van der Waals surface area contributed by atoms with Crippen LogP contribution >= 0.6 is 11.6 Å². The van der Waals surface area contributed by atoms with Gasteiger partial charge < -0.3 is 10.8 Å². The molecule has 0 amide bonds. The minimum atomic E-state index is -0.598. The summed E-state index contributed by atoms with van der Waals surface area (Å²) in [7, 11) is 0. The quantitative estimate of drug-likeness (QED) is 0.882. The first-order valence-electron chi connectivity index (χ1n) is 6.60. The van der Waals surface area contributed by atoms with Crippen molar-refractivity contribution in [2.24, 2.45) is 11.7 Å². The highest BCUT2D eigenvalue weighted by Crippen LogP contribution is 2.32. The molecule has 2 aromatic rings. The van der Waals surface area contributed by atoms with Crippen LogP contribution in [0.25, 0.3) is 10.9 Å². The molecule has 2 rings (SSSR count). The van der Waals surface area contributed by atoms with E-state index in [1.165, 1.54) is 0 Å². The van der Waals surface area contributed by atoms with Gasteiger partial charge in [-0.3, -0.25) is 4.98 Å². The van der Waals surface area contributed by atoms with Crippen LogP contribution in [0.2, 0.25) is 5.02 Å². The number of fused-ring (bicyclic) bond motifs is 1. The summed E-state index contributed by atoms with van der Waals surface area (Å²) >= 11 is 6.16. The molecule has 19 heavy (non-hydrogen) atoms. The Hall–Kier alpha value is -1.16. The average molecular weight is 279 g/mol. The van der Waals surface area contributed by atoms with Crippen LogP contribution in [-0.2, 0) is 0 Å². The number of rotatable bonds is 5. The van der Waals surface area contributed by atoms with Gasteiger partial charge in [0, 0.05) is 28.1 Å². The van der Waals surface area contributed by atoms with Gasteiger partial charge >= 0.3 is 0 Å². The third-order valence-corrected chi connectivity index (χ3v) is 3.80. The summed E-state index contributed by atoms with van der Waals surface area (Å²) in [6.45, 7) is 2.56. The highest BCUT2D eigenvalue weighted by atomic mass is 35.5. The Balaban J connectivity index is 2.47. The number of aliphatic hydroxyl groups excluding tert-OH is 1. The van der Waals surface area contributed by atoms with Gasteiger partial charge in [-0.1, -0.05) is 31.0 Å². The topological polar surface area (TPSA) is 59.1 Å². The van der Waals surface area contributed by atoms with E-state index in [1.54, 1.807) is 6.20 Å². The van der Waals surface area contributed by atoms with Crippen LogP contribution in [0.3, 0.4) is 0 Å². The van der Waals surface area contributed by atoms with Crippen LogP contribution < -0.4 is 5.73 Å². The number of aliphatic hydroxyl groups is 1. The number of nitrogens with two attached hydrogens (primary N) is 1. The van der Waals surface area contributed by atoms with Crippen LogP contribution in [0.15, 0.2) is 30.5 Å². The maximum Gasteiger partial charge on any atom is 0.0851 e. The lowest BCUT2D eigenvalue weighted by molar-refractivity contribution is 0.108. The monoisotopic (exact) mass is 278 g/mol. The van der Waals surface area contributed by atoms with Gasteiger partial charge in [-0.25, -0.2) is 0 Å². The molecule has 0 bridgehead atoms. The van der Waals surface area contributed by atoms with Crippen LogP contribution in [0.5, 0.6) is 0 Å². The van der Waals surface area contributed by atoms with E-state index in [4.69, 9.17) is 17.3 Å². The van der Waals surface area contributed by atoms with Crippen LogP contribution in [0, 0.1) is 5.92 Å². The molecule has 0 radical (unpaired) electrons. The Morgan fingerprint density at radius 1 is 1.37 bits per heavy atom. The van der Waals surface area contributed by atoms with Crippen molar-refractivity contribution >= 4 is 22.5 Å². The molecule has 0 saturated carbocycles. The van der Waals surface area contributed by atoms with Gasteiger partial charge in [0.25, 0.3) is 0 Å². The molecule has 3 nitrogen and oxygen atoms in total. The first-order chi connectivity index (χ1) is 9.19. The van der Waals surface area contributed by atoms with E-state index in [-0.39, 0.29) is 5.92 Å². The zero-order valence-corrected chi connectivity index (χ0v) is 11.8. The molecule has 0 spiro atoms. The molecule has 1 aromatic heterocycles. The molecular weight excluding hydrogens is 260 g/mol. The van der Waals surface area contributed by atoms with Gasteiger partial charge in [0.1, 0.15) is 0 Å². The Morgan fingerprint density at radius 2 is 2.16 bits per heavy atom. The predicted octanol–water partition coefficient (Wildman–Crippen LogP) is 3.30. The van der Waals surface area contributed by atoms with E-state index in [0.29, 0.717) is 11.6 Å². The van der Waals surface area contributed by atoms with E-state index in [9.17, 15) is 5.11 Å². The second-order valence-corrected chi connectivity index (χ2v) is 5.17. The molecule has 2 atom stereocenters. The largest absolute Gasteiger partial charge is 0.388 e. The number of benzene rings is 1. The first-order valence-corrected chi connectivity index (χ1v) is 6.98. The molecule has 4 heteroatoms. The molecule has 0 aliphatic carbocycles. The van der Waals surface area contributed by atoms with Crippen molar-refractivity contribution in [1.82, 2.24) is 4.98 Å². The Bertz CT molecular complexity index is 559. The van der Waals surface area contributed by atoms with Gasteiger partial charge in [0.2, 0.25) is 0 Å². The normalized spacial score (nSPS) is 14.5. The Kier molecular flexibility index (Phi) is 4.75. The fraction of sp³-hybridized carbons (Fsp3) is 0.400. The summed E-state index contributed by atoms with van der Waals surface area (Å²) < 4.78 is 0. The van der Waals surface area contributed by atoms with Crippen molar-refractivity contribution in [2.45, 2.75) is 25.9 Å². The highest BCUT2D eigenvalue weighted by molar-refractivity contribution is 6.35. The molecule has 1 heterocycles. The van der Waals surface area contributed by atoms with E-state index in [1.807, 2.05) is 24.3 Å². The predicted molar refractivity (Wildman–Crippen MR) is 79.2 cm³/mol. The summed E-state index contributed by atoms with van der Waals surface area (Å²) in [4.78, 5) is 4.35. The summed E-state index contributed by atoms with van der Waals surface area (Å²) in [5.41, 5.74) is 7.33. The van der Waals surface area contributed by atoms with Crippen molar-refractivity contribution < 1.29 is 5.11 Å². The van der Waals surface area contributed by atoms with Crippen molar-refractivity contribution in [2.75, 3.05) is 6.54 Å². The Morgan fingerprint density at radius 3 is 2.84 bits per heavy atom. The third-order valence-electron chi connectivity index (χ3n) is 3.48. The number of nitrogens with zero attached hydrogens (tertiary/aromatic N) is 1. The Labute approximate surface area is 118 Å². The van der Waals surface area contributed by atoms with E-state index in [0.717, 1.165) is 29.3 Å². The van der Waals surface area contributed by atoms with Crippen LogP contribution in [0.1, 0.15) is 31.4 Å². The minimum Gasteiger partial charge on any atom is -0.388 e. The fourth-order valence-corrected chi connectivity index (χ4v) is 2.64. The second kappa shape index (κ2) is 6.33. The highest BCUT2D eigenvalue weighted by Gasteiger charge is 2.21. The van der Waals surface area contributed by atoms with E-state index < -0.39 is 6.10 Å². The van der Waals surface area contributed by atoms with Gasteiger partial charge in [-0.05, 0) is 31.2 Å². The summed E-state index contributed by atoms with van der Waals surface area (Å²) in [5.74, 6) is 0.0522. The number of hydrogen-bond donors (Lipinski definition) is 2. The average Bonchev–Trinajstić information content (AvgIpc) is 2.45.